The van der Waals surface area contributed by atoms with Crippen molar-refractivity contribution in [1.82, 2.24) is 15.2 Å². The third-order valence-corrected chi connectivity index (χ3v) is 3.69. The predicted octanol–water partition coefficient (Wildman–Crippen LogP) is 2.66. The standard InChI is InChI=1S/C17H12N4O2/c22-16-8-13(12-3-1-2-4-15(12)20-16)17(23)19-11-5-6-14-10(7-11)9-18-21-14/h1-9H,(H,18,21)(H,19,23)(H,20,22). The number of fused-ring (bicyclic) bond motifs is 2. The van der Waals surface area contributed by atoms with Crippen molar-refractivity contribution >= 4 is 33.4 Å². The van der Waals surface area contributed by atoms with Crippen LogP contribution in [0.4, 0.5) is 5.69 Å². The predicted molar refractivity (Wildman–Crippen MR) is 88.6 cm³/mol. The first-order valence-corrected chi connectivity index (χ1v) is 7.07. The Kier molecular flexibility index (Phi) is 2.94. The Balaban J connectivity index is 1.75. The molecule has 2 aromatic carbocycles. The van der Waals surface area contributed by atoms with Crippen molar-refractivity contribution < 1.29 is 4.79 Å². The maximum atomic E-state index is 12.6. The maximum Gasteiger partial charge on any atom is 0.256 e. The monoisotopic (exact) mass is 304 g/mol. The minimum absolute atomic E-state index is 0.306. The highest BCUT2D eigenvalue weighted by atomic mass is 16.2. The second-order valence-corrected chi connectivity index (χ2v) is 5.22. The molecule has 4 aromatic rings. The molecule has 0 saturated carbocycles. The normalized spacial score (nSPS) is 11.0. The molecule has 0 radical (unpaired) electrons. The molecule has 2 heterocycles. The lowest BCUT2D eigenvalue weighted by molar-refractivity contribution is 0.102. The van der Waals surface area contributed by atoms with Crippen LogP contribution in [-0.2, 0) is 0 Å². The third kappa shape index (κ3) is 2.36. The van der Waals surface area contributed by atoms with E-state index in [1.54, 1.807) is 24.4 Å². The number of hydrogen-bond donors (Lipinski definition) is 3. The third-order valence-electron chi connectivity index (χ3n) is 3.69. The zero-order chi connectivity index (χ0) is 15.8. The molecule has 0 aliphatic rings. The summed E-state index contributed by atoms with van der Waals surface area (Å²) in [6.45, 7) is 0. The van der Waals surface area contributed by atoms with Crippen molar-refractivity contribution in [3.05, 3.63) is 70.6 Å². The summed E-state index contributed by atoms with van der Waals surface area (Å²) in [5.74, 6) is -0.324. The molecule has 4 rings (SSSR count). The van der Waals surface area contributed by atoms with Crippen molar-refractivity contribution in [3.63, 3.8) is 0 Å². The van der Waals surface area contributed by atoms with Gasteiger partial charge < -0.3 is 10.3 Å². The van der Waals surface area contributed by atoms with Crippen LogP contribution in [0, 0.1) is 0 Å². The zero-order valence-electron chi connectivity index (χ0n) is 12.0. The first-order valence-electron chi connectivity index (χ1n) is 7.07. The van der Waals surface area contributed by atoms with Gasteiger partial charge in [-0.1, -0.05) is 18.2 Å². The number of amides is 1. The fourth-order valence-corrected chi connectivity index (χ4v) is 2.61. The van der Waals surface area contributed by atoms with Gasteiger partial charge in [0.15, 0.2) is 0 Å². The van der Waals surface area contributed by atoms with E-state index in [1.807, 2.05) is 24.3 Å². The van der Waals surface area contributed by atoms with Crippen molar-refractivity contribution in [2.75, 3.05) is 5.32 Å². The van der Waals surface area contributed by atoms with Crippen molar-refractivity contribution in [1.29, 1.82) is 0 Å². The van der Waals surface area contributed by atoms with Gasteiger partial charge in [0.2, 0.25) is 5.56 Å². The highest BCUT2D eigenvalue weighted by Gasteiger charge is 2.12. The number of hydrogen-bond acceptors (Lipinski definition) is 3. The SMILES string of the molecule is O=C(Nc1ccc2[nH]ncc2c1)c1cc(=O)[nH]c2ccccc12. The van der Waals surface area contributed by atoms with Gasteiger partial charge in [0.1, 0.15) is 0 Å². The van der Waals surface area contributed by atoms with Crippen molar-refractivity contribution in [3.8, 4) is 0 Å². The van der Waals surface area contributed by atoms with E-state index in [4.69, 9.17) is 0 Å². The van der Waals surface area contributed by atoms with Crippen molar-refractivity contribution in [2.45, 2.75) is 0 Å². The van der Waals surface area contributed by atoms with Gasteiger partial charge in [-0.15, -0.1) is 0 Å². The molecule has 112 valence electrons. The molecular formula is C17H12N4O2. The van der Waals surface area contributed by atoms with E-state index in [1.165, 1.54) is 6.07 Å². The summed E-state index contributed by atoms with van der Waals surface area (Å²) in [4.78, 5) is 27.0. The summed E-state index contributed by atoms with van der Waals surface area (Å²) in [6.07, 6.45) is 1.69. The molecule has 0 saturated heterocycles. The van der Waals surface area contributed by atoms with Gasteiger partial charge in [-0.25, -0.2) is 0 Å². The summed E-state index contributed by atoms with van der Waals surface area (Å²) in [5.41, 5.74) is 2.21. The molecule has 0 atom stereocenters. The van der Waals surface area contributed by atoms with E-state index >= 15 is 0 Å². The number of aromatic amines is 2. The van der Waals surface area contributed by atoms with E-state index in [9.17, 15) is 9.59 Å². The van der Waals surface area contributed by atoms with Gasteiger partial charge in [0.05, 0.1) is 17.3 Å². The molecule has 0 aliphatic carbocycles. The quantitative estimate of drug-likeness (QED) is 0.531. The van der Waals surface area contributed by atoms with Crippen LogP contribution in [0.2, 0.25) is 0 Å². The molecule has 0 bridgehead atoms. The number of rotatable bonds is 2. The molecule has 3 N–H and O–H groups in total. The lowest BCUT2D eigenvalue weighted by Crippen LogP contribution is -2.16. The molecule has 0 aliphatic heterocycles. The Morgan fingerprint density at radius 3 is 2.83 bits per heavy atom. The van der Waals surface area contributed by atoms with Crippen LogP contribution in [0.15, 0.2) is 59.5 Å². The van der Waals surface area contributed by atoms with Crippen LogP contribution < -0.4 is 10.9 Å². The summed E-state index contributed by atoms with van der Waals surface area (Å²) in [5, 5.41) is 11.2. The highest BCUT2D eigenvalue weighted by molar-refractivity contribution is 6.12. The fraction of sp³-hybridized carbons (Fsp3) is 0. The van der Waals surface area contributed by atoms with E-state index < -0.39 is 0 Å². The van der Waals surface area contributed by atoms with Gasteiger partial charge in [0.25, 0.3) is 5.91 Å². The maximum absolute atomic E-state index is 12.6. The van der Waals surface area contributed by atoms with Crippen LogP contribution in [0.25, 0.3) is 21.8 Å². The first-order chi connectivity index (χ1) is 11.2. The second-order valence-electron chi connectivity index (χ2n) is 5.22. The number of nitrogens with one attached hydrogen (secondary N) is 3. The Bertz CT molecular complexity index is 1090. The minimum Gasteiger partial charge on any atom is -0.322 e. The Hall–Kier alpha value is -3.41. The molecule has 0 unspecified atom stereocenters. The van der Waals surface area contributed by atoms with Crippen LogP contribution in [0.1, 0.15) is 10.4 Å². The summed E-state index contributed by atoms with van der Waals surface area (Å²) in [6, 6.07) is 14.0. The topological polar surface area (TPSA) is 90.6 Å². The summed E-state index contributed by atoms with van der Waals surface area (Å²) < 4.78 is 0. The molecule has 1 amide bonds. The largest absolute Gasteiger partial charge is 0.322 e. The fourth-order valence-electron chi connectivity index (χ4n) is 2.61. The Morgan fingerprint density at radius 2 is 1.91 bits per heavy atom. The average molecular weight is 304 g/mol. The smallest absolute Gasteiger partial charge is 0.256 e. The highest BCUT2D eigenvalue weighted by Crippen LogP contribution is 2.19. The van der Waals surface area contributed by atoms with Crippen LogP contribution in [-0.4, -0.2) is 21.1 Å². The zero-order valence-corrected chi connectivity index (χ0v) is 12.0. The number of pyridine rings is 1. The van der Waals surface area contributed by atoms with Crippen LogP contribution in [0.3, 0.4) is 0 Å². The molecule has 23 heavy (non-hydrogen) atoms. The number of aromatic nitrogens is 3. The summed E-state index contributed by atoms with van der Waals surface area (Å²) >= 11 is 0. The molecule has 2 aromatic heterocycles. The van der Waals surface area contributed by atoms with E-state index in [0.717, 1.165) is 10.9 Å². The van der Waals surface area contributed by atoms with Gasteiger partial charge in [0, 0.05) is 28.0 Å². The molecule has 0 fully saturated rings. The molecule has 6 nitrogen and oxygen atoms in total. The number of nitrogens with zero attached hydrogens (tertiary/aromatic N) is 1. The van der Waals surface area contributed by atoms with Crippen LogP contribution in [0.5, 0.6) is 0 Å². The van der Waals surface area contributed by atoms with E-state index in [0.29, 0.717) is 22.2 Å². The molecular weight excluding hydrogens is 292 g/mol. The first kappa shape index (κ1) is 13.3. The van der Waals surface area contributed by atoms with Gasteiger partial charge in [-0.05, 0) is 24.3 Å². The minimum atomic E-state index is -0.324. The second kappa shape index (κ2) is 5.10. The number of anilines is 1. The van der Waals surface area contributed by atoms with Gasteiger partial charge in [-0.2, -0.15) is 5.10 Å². The molecule has 0 spiro atoms. The van der Waals surface area contributed by atoms with Gasteiger partial charge >= 0.3 is 0 Å². The lowest BCUT2D eigenvalue weighted by atomic mass is 10.1. The lowest BCUT2D eigenvalue weighted by Gasteiger charge is -2.08. The Morgan fingerprint density at radius 1 is 1.04 bits per heavy atom. The Labute approximate surface area is 130 Å². The van der Waals surface area contributed by atoms with Crippen molar-refractivity contribution in [2.24, 2.45) is 0 Å². The van der Waals surface area contributed by atoms with Crippen LogP contribution >= 0.6 is 0 Å². The van der Waals surface area contributed by atoms with Gasteiger partial charge in [-0.3, -0.25) is 14.7 Å². The number of benzene rings is 2. The number of carbonyl (C=O) groups is 1. The average Bonchev–Trinajstić information content (AvgIpc) is 3.01. The van der Waals surface area contributed by atoms with E-state index in [-0.39, 0.29) is 11.5 Å². The summed E-state index contributed by atoms with van der Waals surface area (Å²) in [7, 11) is 0. The number of para-hydroxylation sites is 1. The molecule has 6 heteroatoms. The number of H-pyrrole nitrogens is 2. The van der Waals surface area contributed by atoms with E-state index in [2.05, 4.69) is 20.5 Å². The number of carbonyl (C=O) groups excluding carboxylic acids is 1.